The molecule has 1 atom stereocenters. The van der Waals surface area contributed by atoms with Gasteiger partial charge < -0.3 is 5.11 Å². The predicted octanol–water partition coefficient (Wildman–Crippen LogP) is 1.90. The van der Waals surface area contributed by atoms with Gasteiger partial charge in [-0.2, -0.15) is 0 Å². The van der Waals surface area contributed by atoms with E-state index in [2.05, 4.69) is 0 Å². The van der Waals surface area contributed by atoms with Crippen molar-refractivity contribution < 1.29 is 9.90 Å². The summed E-state index contributed by atoms with van der Waals surface area (Å²) < 4.78 is -0.347. The Morgan fingerprint density at radius 3 is 1.89 bits per heavy atom. The zero-order chi connectivity index (χ0) is 7.49. The van der Waals surface area contributed by atoms with Crippen molar-refractivity contribution in [3.63, 3.8) is 0 Å². The second kappa shape index (κ2) is 3.28. The normalized spacial score (nSPS) is 27.7. The molecule has 0 aromatic carbocycles. The highest BCUT2D eigenvalue weighted by molar-refractivity contribution is 6.50. The maximum absolute atomic E-state index is 8.36. The SMILES string of the molecule is CC1CC1(Cl)Cl.O=CO. The second-order valence-electron chi connectivity index (χ2n) is 1.97. The molecule has 1 aliphatic carbocycles. The summed E-state index contributed by atoms with van der Waals surface area (Å²) >= 11 is 11.1. The van der Waals surface area contributed by atoms with E-state index in [0.717, 1.165) is 6.42 Å². The van der Waals surface area contributed by atoms with Crippen molar-refractivity contribution in [3.05, 3.63) is 0 Å². The third-order valence-electron chi connectivity index (χ3n) is 1.14. The monoisotopic (exact) mass is 170 g/mol. The molecule has 54 valence electrons. The van der Waals surface area contributed by atoms with Crippen LogP contribution in [-0.2, 0) is 4.79 Å². The molecular formula is C5H8Cl2O2. The molecule has 1 unspecified atom stereocenters. The summed E-state index contributed by atoms with van der Waals surface area (Å²) in [5, 5.41) is 6.89. The lowest BCUT2D eigenvalue weighted by molar-refractivity contribution is -0.122. The first kappa shape index (κ1) is 9.05. The molecular weight excluding hydrogens is 163 g/mol. The van der Waals surface area contributed by atoms with Crippen LogP contribution < -0.4 is 0 Å². The van der Waals surface area contributed by atoms with Gasteiger partial charge in [0.2, 0.25) is 0 Å². The van der Waals surface area contributed by atoms with Crippen molar-refractivity contribution in [2.45, 2.75) is 17.7 Å². The van der Waals surface area contributed by atoms with Gasteiger partial charge in [0.05, 0.1) is 0 Å². The summed E-state index contributed by atoms with van der Waals surface area (Å²) in [7, 11) is 0. The highest BCUT2D eigenvalue weighted by Gasteiger charge is 2.47. The van der Waals surface area contributed by atoms with Crippen molar-refractivity contribution in [1.29, 1.82) is 0 Å². The summed E-state index contributed by atoms with van der Waals surface area (Å²) in [5.41, 5.74) is 0. The average molecular weight is 171 g/mol. The van der Waals surface area contributed by atoms with Gasteiger partial charge in [0.25, 0.3) is 6.47 Å². The molecule has 0 saturated heterocycles. The fraction of sp³-hybridized carbons (Fsp3) is 0.800. The standard InChI is InChI=1S/C4H6Cl2.CH2O2/c1-3-2-4(3,5)6;2-1-3/h3H,2H2,1H3;1H,(H,2,3). The molecule has 0 aliphatic heterocycles. The summed E-state index contributed by atoms with van der Waals surface area (Å²) in [6, 6.07) is 0. The maximum Gasteiger partial charge on any atom is 0.290 e. The Bertz CT molecular complexity index is 103. The van der Waals surface area contributed by atoms with Gasteiger partial charge in [0.15, 0.2) is 0 Å². The summed E-state index contributed by atoms with van der Waals surface area (Å²) in [5.74, 6) is 0.529. The topological polar surface area (TPSA) is 37.3 Å². The molecule has 1 rings (SSSR count). The fourth-order valence-electron chi connectivity index (χ4n) is 0.349. The molecule has 0 heterocycles. The van der Waals surface area contributed by atoms with Crippen LogP contribution in [0.25, 0.3) is 0 Å². The van der Waals surface area contributed by atoms with Gasteiger partial charge in [-0.1, -0.05) is 6.92 Å². The lowest BCUT2D eigenvalue weighted by atomic mass is 10.5. The first-order valence-corrected chi connectivity index (χ1v) is 3.26. The minimum absolute atomic E-state index is 0.250. The first-order chi connectivity index (χ1) is 4.04. The minimum atomic E-state index is -0.347. The van der Waals surface area contributed by atoms with Gasteiger partial charge in [-0.25, -0.2) is 0 Å². The number of alkyl halides is 2. The summed E-state index contributed by atoms with van der Waals surface area (Å²) in [6.45, 7) is 1.79. The highest BCUT2D eigenvalue weighted by Crippen LogP contribution is 2.52. The third-order valence-corrected chi connectivity index (χ3v) is 2.19. The van der Waals surface area contributed by atoms with Crippen LogP contribution in [0.15, 0.2) is 0 Å². The van der Waals surface area contributed by atoms with Crippen LogP contribution in [0.3, 0.4) is 0 Å². The van der Waals surface area contributed by atoms with E-state index in [-0.39, 0.29) is 10.8 Å². The predicted molar refractivity (Wildman–Crippen MR) is 36.9 cm³/mol. The number of carbonyl (C=O) groups is 1. The van der Waals surface area contributed by atoms with Crippen LogP contribution >= 0.6 is 23.2 Å². The Morgan fingerprint density at radius 2 is 1.89 bits per heavy atom. The molecule has 0 bridgehead atoms. The zero-order valence-electron chi connectivity index (χ0n) is 4.97. The molecule has 2 nitrogen and oxygen atoms in total. The Balaban J connectivity index is 0.000000187. The molecule has 1 aliphatic rings. The van der Waals surface area contributed by atoms with Crippen molar-refractivity contribution in [2.24, 2.45) is 5.92 Å². The third kappa shape index (κ3) is 3.60. The van der Waals surface area contributed by atoms with Gasteiger partial charge in [-0.3, -0.25) is 4.79 Å². The molecule has 1 saturated carbocycles. The molecule has 0 aromatic rings. The van der Waals surface area contributed by atoms with E-state index in [1.54, 1.807) is 0 Å². The van der Waals surface area contributed by atoms with Gasteiger partial charge in [-0.15, -0.1) is 23.2 Å². The number of rotatable bonds is 0. The molecule has 0 spiro atoms. The highest BCUT2D eigenvalue weighted by atomic mass is 35.5. The van der Waals surface area contributed by atoms with Gasteiger partial charge >= 0.3 is 0 Å². The van der Waals surface area contributed by atoms with E-state index in [9.17, 15) is 0 Å². The smallest absolute Gasteiger partial charge is 0.290 e. The van der Waals surface area contributed by atoms with E-state index < -0.39 is 0 Å². The number of hydrogen-bond acceptors (Lipinski definition) is 1. The Morgan fingerprint density at radius 1 is 1.78 bits per heavy atom. The van der Waals surface area contributed by atoms with E-state index in [1.807, 2.05) is 6.92 Å². The summed E-state index contributed by atoms with van der Waals surface area (Å²) in [6.07, 6.45) is 0.968. The van der Waals surface area contributed by atoms with Crippen LogP contribution in [0.4, 0.5) is 0 Å². The van der Waals surface area contributed by atoms with Crippen molar-refractivity contribution >= 4 is 29.7 Å². The van der Waals surface area contributed by atoms with E-state index in [1.165, 1.54) is 0 Å². The van der Waals surface area contributed by atoms with Crippen molar-refractivity contribution in [2.75, 3.05) is 0 Å². The molecule has 0 radical (unpaired) electrons. The van der Waals surface area contributed by atoms with Crippen molar-refractivity contribution in [1.82, 2.24) is 0 Å². The fourth-order valence-corrected chi connectivity index (χ4v) is 0.812. The molecule has 1 N–H and O–H groups in total. The molecule has 0 amide bonds. The average Bonchev–Trinajstić information content (AvgIpc) is 2.14. The van der Waals surface area contributed by atoms with Gasteiger partial charge in [0, 0.05) is 0 Å². The van der Waals surface area contributed by atoms with E-state index in [4.69, 9.17) is 33.1 Å². The van der Waals surface area contributed by atoms with Crippen LogP contribution in [0.1, 0.15) is 13.3 Å². The van der Waals surface area contributed by atoms with Gasteiger partial charge in [0.1, 0.15) is 4.33 Å². The lowest BCUT2D eigenvalue weighted by Crippen LogP contribution is -1.81. The number of hydrogen-bond donors (Lipinski definition) is 1. The first-order valence-electron chi connectivity index (χ1n) is 2.50. The van der Waals surface area contributed by atoms with Crippen LogP contribution in [0.5, 0.6) is 0 Å². The molecule has 9 heavy (non-hydrogen) atoms. The molecule has 0 aromatic heterocycles. The molecule has 1 fully saturated rings. The lowest BCUT2D eigenvalue weighted by Gasteiger charge is -1.85. The summed E-state index contributed by atoms with van der Waals surface area (Å²) in [4.78, 5) is 8.36. The van der Waals surface area contributed by atoms with Crippen LogP contribution in [0.2, 0.25) is 0 Å². The zero-order valence-corrected chi connectivity index (χ0v) is 6.49. The quantitative estimate of drug-likeness (QED) is 0.446. The number of halogens is 2. The minimum Gasteiger partial charge on any atom is -0.483 e. The van der Waals surface area contributed by atoms with E-state index >= 15 is 0 Å². The van der Waals surface area contributed by atoms with Crippen LogP contribution in [0, 0.1) is 5.92 Å². The maximum atomic E-state index is 8.36. The molecule has 4 heteroatoms. The number of carboxylic acid groups (broad SMARTS) is 1. The Hall–Kier alpha value is 0.0500. The van der Waals surface area contributed by atoms with Gasteiger partial charge in [-0.05, 0) is 12.3 Å². The van der Waals surface area contributed by atoms with Crippen LogP contribution in [-0.4, -0.2) is 15.9 Å². The van der Waals surface area contributed by atoms with E-state index in [0.29, 0.717) is 5.92 Å². The Kier molecular flexibility index (Phi) is 3.30. The van der Waals surface area contributed by atoms with Crippen molar-refractivity contribution in [3.8, 4) is 0 Å². The second-order valence-corrected chi connectivity index (χ2v) is 3.51. The Labute approximate surface area is 63.8 Å². The largest absolute Gasteiger partial charge is 0.483 e.